The molecule has 2 aromatic carbocycles. The van der Waals surface area contributed by atoms with Crippen molar-refractivity contribution < 1.29 is 4.79 Å². The van der Waals surface area contributed by atoms with Crippen molar-refractivity contribution in [2.45, 2.75) is 19.0 Å². The molecule has 1 fully saturated rings. The van der Waals surface area contributed by atoms with Gasteiger partial charge in [0, 0.05) is 32.6 Å². The molecule has 1 aliphatic rings. The van der Waals surface area contributed by atoms with E-state index in [0.717, 1.165) is 18.7 Å². The van der Waals surface area contributed by atoms with Gasteiger partial charge in [-0.2, -0.15) is 0 Å². The van der Waals surface area contributed by atoms with Gasteiger partial charge in [0.25, 0.3) is 5.56 Å². The van der Waals surface area contributed by atoms with E-state index in [0.29, 0.717) is 17.4 Å². The number of rotatable bonds is 4. The van der Waals surface area contributed by atoms with Crippen molar-refractivity contribution in [3.8, 4) is 0 Å². The van der Waals surface area contributed by atoms with Crippen molar-refractivity contribution in [3.05, 3.63) is 81.0 Å². The van der Waals surface area contributed by atoms with Gasteiger partial charge in [-0.1, -0.05) is 42.5 Å². The van der Waals surface area contributed by atoms with Crippen LogP contribution >= 0.6 is 0 Å². The third-order valence-electron chi connectivity index (χ3n) is 5.54. The minimum Gasteiger partial charge on any atom is -0.333 e. The fraction of sp³-hybridized carbons (Fsp3) is 0.318. The number of benzene rings is 2. The van der Waals surface area contributed by atoms with Crippen LogP contribution in [-0.2, 0) is 11.3 Å². The Morgan fingerprint density at radius 3 is 2.55 bits per heavy atom. The number of nitrogens with zero attached hydrogens (tertiary/aromatic N) is 3. The molecule has 7 nitrogen and oxygen atoms in total. The molecule has 2 heterocycles. The maximum absolute atomic E-state index is 13.1. The molecule has 4 rings (SSSR count). The number of carbonyl (C=O) groups excluding carboxylic acids is 1. The van der Waals surface area contributed by atoms with Crippen molar-refractivity contribution in [2.75, 3.05) is 26.7 Å². The van der Waals surface area contributed by atoms with E-state index < -0.39 is 11.2 Å². The summed E-state index contributed by atoms with van der Waals surface area (Å²) in [5, 5.41) is 0.446. The Bertz CT molecular complexity index is 1140. The van der Waals surface area contributed by atoms with Gasteiger partial charge in [-0.3, -0.25) is 19.1 Å². The molecule has 0 saturated carbocycles. The van der Waals surface area contributed by atoms with Gasteiger partial charge in [0.1, 0.15) is 0 Å². The lowest BCUT2D eigenvalue weighted by atomic mass is 10.0. The second-order valence-electron chi connectivity index (χ2n) is 7.45. The van der Waals surface area contributed by atoms with Crippen LogP contribution in [-0.4, -0.2) is 51.9 Å². The van der Waals surface area contributed by atoms with Gasteiger partial charge in [-0.05, 0) is 24.7 Å². The van der Waals surface area contributed by atoms with Crippen LogP contribution in [0.3, 0.4) is 0 Å². The molecule has 1 atom stereocenters. The molecule has 1 N–H and O–H groups in total. The van der Waals surface area contributed by atoms with Crippen molar-refractivity contribution in [3.63, 3.8) is 0 Å². The molecule has 0 unspecified atom stereocenters. The molecule has 150 valence electrons. The molecule has 0 aliphatic carbocycles. The lowest BCUT2D eigenvalue weighted by molar-refractivity contribution is -0.136. The first-order valence-electron chi connectivity index (χ1n) is 9.79. The number of nitrogens with one attached hydrogen (secondary N) is 1. The van der Waals surface area contributed by atoms with E-state index in [4.69, 9.17) is 0 Å². The largest absolute Gasteiger partial charge is 0.333 e. The number of para-hydroxylation sites is 1. The van der Waals surface area contributed by atoms with Crippen LogP contribution in [0, 0.1) is 0 Å². The SMILES string of the molecule is CN1CCN(C(=O)CCn2c(=O)[nH]c(=O)c3ccccc32)[C@H](c2ccccc2)C1. The first kappa shape index (κ1) is 19.1. The topological polar surface area (TPSA) is 78.4 Å². The first-order chi connectivity index (χ1) is 14.0. The zero-order valence-corrected chi connectivity index (χ0v) is 16.4. The summed E-state index contributed by atoms with van der Waals surface area (Å²) >= 11 is 0. The molecule has 1 saturated heterocycles. The van der Waals surface area contributed by atoms with Crippen LogP contribution in [0.5, 0.6) is 0 Å². The molecular formula is C22H24N4O3. The quantitative estimate of drug-likeness (QED) is 0.732. The summed E-state index contributed by atoms with van der Waals surface area (Å²) in [6.45, 7) is 2.47. The molecule has 0 radical (unpaired) electrons. The van der Waals surface area contributed by atoms with Gasteiger partial charge in [0.2, 0.25) is 5.91 Å². The number of aromatic amines is 1. The van der Waals surface area contributed by atoms with E-state index in [1.165, 1.54) is 4.57 Å². The highest BCUT2D eigenvalue weighted by atomic mass is 16.2. The highest BCUT2D eigenvalue weighted by molar-refractivity contribution is 5.79. The number of piperazine rings is 1. The smallest absolute Gasteiger partial charge is 0.328 e. The second kappa shape index (κ2) is 8.05. The monoisotopic (exact) mass is 392 g/mol. The van der Waals surface area contributed by atoms with E-state index in [1.807, 2.05) is 35.2 Å². The summed E-state index contributed by atoms with van der Waals surface area (Å²) in [4.78, 5) is 43.9. The van der Waals surface area contributed by atoms with Gasteiger partial charge < -0.3 is 9.80 Å². The van der Waals surface area contributed by atoms with E-state index in [9.17, 15) is 14.4 Å². The van der Waals surface area contributed by atoms with Gasteiger partial charge in [0.15, 0.2) is 0 Å². The predicted octanol–water partition coefficient (Wildman–Crippen LogP) is 1.60. The highest BCUT2D eigenvalue weighted by Gasteiger charge is 2.29. The Morgan fingerprint density at radius 1 is 1.03 bits per heavy atom. The van der Waals surface area contributed by atoms with Gasteiger partial charge in [0.05, 0.1) is 16.9 Å². The van der Waals surface area contributed by atoms with Crippen molar-refractivity contribution in [2.24, 2.45) is 0 Å². The number of carbonyl (C=O) groups is 1. The summed E-state index contributed by atoms with van der Waals surface area (Å²) in [5.74, 6) is 0.00846. The van der Waals surface area contributed by atoms with Gasteiger partial charge >= 0.3 is 5.69 Å². The zero-order valence-electron chi connectivity index (χ0n) is 16.4. The molecule has 0 bridgehead atoms. The van der Waals surface area contributed by atoms with E-state index in [2.05, 4.69) is 16.9 Å². The van der Waals surface area contributed by atoms with E-state index in [1.54, 1.807) is 24.3 Å². The summed E-state index contributed by atoms with van der Waals surface area (Å²) < 4.78 is 1.47. The highest BCUT2D eigenvalue weighted by Crippen LogP contribution is 2.25. The van der Waals surface area contributed by atoms with Crippen LogP contribution in [0.2, 0.25) is 0 Å². The number of likely N-dealkylation sites (N-methyl/N-ethyl adjacent to an activating group) is 1. The Balaban J connectivity index is 1.57. The van der Waals surface area contributed by atoms with Crippen LogP contribution in [0.25, 0.3) is 10.9 Å². The Kier molecular flexibility index (Phi) is 5.31. The van der Waals surface area contributed by atoms with Crippen LogP contribution in [0.15, 0.2) is 64.2 Å². The Morgan fingerprint density at radius 2 is 1.76 bits per heavy atom. The van der Waals surface area contributed by atoms with Crippen LogP contribution in [0.1, 0.15) is 18.0 Å². The predicted molar refractivity (Wildman–Crippen MR) is 112 cm³/mol. The summed E-state index contributed by atoms with van der Waals surface area (Å²) in [6.07, 6.45) is 0.197. The van der Waals surface area contributed by atoms with Crippen molar-refractivity contribution >= 4 is 16.8 Å². The average molecular weight is 392 g/mol. The molecule has 7 heteroatoms. The number of hydrogen-bond donors (Lipinski definition) is 1. The normalized spacial score (nSPS) is 17.6. The molecular weight excluding hydrogens is 368 g/mol. The van der Waals surface area contributed by atoms with Gasteiger partial charge in [-0.25, -0.2) is 4.79 Å². The molecule has 3 aromatic rings. The van der Waals surface area contributed by atoms with Crippen molar-refractivity contribution in [1.29, 1.82) is 0 Å². The number of aryl methyl sites for hydroxylation is 1. The fourth-order valence-electron chi connectivity index (χ4n) is 3.99. The van der Waals surface area contributed by atoms with E-state index >= 15 is 0 Å². The molecule has 29 heavy (non-hydrogen) atoms. The summed E-state index contributed by atoms with van der Waals surface area (Å²) in [6, 6.07) is 17.0. The van der Waals surface area contributed by atoms with Gasteiger partial charge in [-0.15, -0.1) is 0 Å². The third kappa shape index (κ3) is 3.86. The first-order valence-corrected chi connectivity index (χ1v) is 9.79. The fourth-order valence-corrected chi connectivity index (χ4v) is 3.99. The number of amides is 1. The standard InChI is InChI=1S/C22H24N4O3/c1-24-13-14-25(19(15-24)16-7-3-2-4-8-16)20(27)11-12-26-18-10-6-5-9-17(18)21(28)23-22(26)29/h2-10,19H,11-15H2,1H3,(H,23,28,29)/t19-/m0/s1. The Labute approximate surface area is 168 Å². The number of aromatic nitrogens is 2. The van der Waals surface area contributed by atoms with Crippen LogP contribution in [0.4, 0.5) is 0 Å². The number of H-pyrrole nitrogens is 1. The minimum atomic E-state index is -0.487. The minimum absolute atomic E-state index is 0.00787. The zero-order chi connectivity index (χ0) is 20.4. The molecule has 1 amide bonds. The number of fused-ring (bicyclic) bond motifs is 1. The lowest BCUT2D eigenvalue weighted by Crippen LogP contribution is -2.49. The average Bonchev–Trinajstić information content (AvgIpc) is 2.74. The number of hydrogen-bond acceptors (Lipinski definition) is 4. The molecule has 1 aliphatic heterocycles. The maximum Gasteiger partial charge on any atom is 0.328 e. The third-order valence-corrected chi connectivity index (χ3v) is 5.54. The second-order valence-corrected chi connectivity index (χ2v) is 7.45. The maximum atomic E-state index is 13.1. The lowest BCUT2D eigenvalue weighted by Gasteiger charge is -2.40. The summed E-state index contributed by atoms with van der Waals surface area (Å²) in [5.41, 5.74) is 0.766. The molecule has 1 aromatic heterocycles. The van der Waals surface area contributed by atoms with Crippen molar-refractivity contribution in [1.82, 2.24) is 19.4 Å². The van der Waals surface area contributed by atoms with E-state index in [-0.39, 0.29) is 24.9 Å². The molecule has 0 spiro atoms. The Hall–Kier alpha value is -3.19. The summed E-state index contributed by atoms with van der Waals surface area (Å²) in [7, 11) is 2.06. The van der Waals surface area contributed by atoms with Crippen LogP contribution < -0.4 is 11.2 Å².